The molecule has 2 N–H and O–H groups in total. The number of benzene rings is 1. The van der Waals surface area contributed by atoms with Crippen molar-refractivity contribution < 1.29 is 18.7 Å². The number of nitrogens with one attached hydrogen (secondary N) is 1. The van der Waals surface area contributed by atoms with E-state index in [1.807, 2.05) is 0 Å². The van der Waals surface area contributed by atoms with Crippen molar-refractivity contribution in [2.24, 2.45) is 0 Å². The van der Waals surface area contributed by atoms with Crippen LogP contribution in [0.15, 0.2) is 16.5 Å². The highest BCUT2D eigenvalue weighted by Gasteiger charge is 2.17. The molecule has 0 fully saturated rings. The standard InChI is InChI=1S/C13H10FN3O3/c1-5-11(20-6(2)15-5)12-16-9-3-7(13(18)19)8(14)4-10(9)17-12/h3-4H,1-2H3,(H,16,17)(H,18,19). The first-order valence-electron chi connectivity index (χ1n) is 5.82. The Bertz CT molecular complexity index is 835. The average Bonchev–Trinajstić information content (AvgIpc) is 2.90. The van der Waals surface area contributed by atoms with Crippen molar-refractivity contribution in [1.29, 1.82) is 0 Å². The number of fused-ring (bicyclic) bond motifs is 1. The number of aromatic carboxylic acids is 1. The Labute approximate surface area is 112 Å². The van der Waals surface area contributed by atoms with E-state index >= 15 is 0 Å². The summed E-state index contributed by atoms with van der Waals surface area (Å²) < 4.78 is 19.0. The smallest absolute Gasteiger partial charge is 0.338 e. The second-order valence-electron chi connectivity index (χ2n) is 4.39. The topological polar surface area (TPSA) is 92.0 Å². The van der Waals surface area contributed by atoms with Crippen LogP contribution in [0.2, 0.25) is 0 Å². The number of hydrogen-bond acceptors (Lipinski definition) is 4. The normalized spacial score (nSPS) is 11.2. The molecular weight excluding hydrogens is 265 g/mol. The molecule has 1 aromatic carbocycles. The summed E-state index contributed by atoms with van der Waals surface area (Å²) in [6, 6.07) is 2.29. The Balaban J connectivity index is 2.20. The Morgan fingerprint density at radius 2 is 2.10 bits per heavy atom. The van der Waals surface area contributed by atoms with Crippen molar-refractivity contribution in [3.63, 3.8) is 0 Å². The molecule has 0 radical (unpaired) electrons. The number of carbonyl (C=O) groups is 1. The number of aromatic amines is 1. The van der Waals surface area contributed by atoms with Gasteiger partial charge in [-0.2, -0.15) is 0 Å². The number of oxazole rings is 1. The number of carboxylic acid groups (broad SMARTS) is 1. The highest BCUT2D eigenvalue weighted by atomic mass is 19.1. The molecule has 20 heavy (non-hydrogen) atoms. The van der Waals surface area contributed by atoms with Gasteiger partial charge >= 0.3 is 5.97 Å². The lowest BCUT2D eigenvalue weighted by atomic mass is 10.2. The number of aromatic nitrogens is 3. The molecule has 6 nitrogen and oxygen atoms in total. The molecule has 0 amide bonds. The van der Waals surface area contributed by atoms with Gasteiger partial charge in [-0.3, -0.25) is 0 Å². The monoisotopic (exact) mass is 275 g/mol. The minimum atomic E-state index is -1.33. The zero-order chi connectivity index (χ0) is 14.4. The molecule has 0 atom stereocenters. The van der Waals surface area contributed by atoms with Gasteiger partial charge in [0.05, 0.1) is 22.3 Å². The van der Waals surface area contributed by atoms with E-state index < -0.39 is 17.3 Å². The SMILES string of the molecule is Cc1nc(C)c(-c2nc3cc(C(=O)O)c(F)cc3[nH]2)o1. The summed E-state index contributed by atoms with van der Waals surface area (Å²) in [5, 5.41) is 8.89. The Hall–Kier alpha value is -2.70. The number of rotatable bonds is 2. The van der Waals surface area contributed by atoms with Crippen LogP contribution in [0.3, 0.4) is 0 Å². The van der Waals surface area contributed by atoms with Crippen LogP contribution in [0.25, 0.3) is 22.6 Å². The Morgan fingerprint density at radius 3 is 2.70 bits per heavy atom. The van der Waals surface area contributed by atoms with E-state index in [9.17, 15) is 9.18 Å². The van der Waals surface area contributed by atoms with E-state index in [0.29, 0.717) is 34.2 Å². The van der Waals surface area contributed by atoms with Gasteiger partial charge in [-0.05, 0) is 13.0 Å². The fraction of sp³-hybridized carbons (Fsp3) is 0.154. The van der Waals surface area contributed by atoms with Crippen LogP contribution in [0.1, 0.15) is 21.9 Å². The molecule has 0 unspecified atom stereocenters. The third-order valence-corrected chi connectivity index (χ3v) is 2.92. The fourth-order valence-corrected chi connectivity index (χ4v) is 2.05. The van der Waals surface area contributed by atoms with Gasteiger partial charge in [-0.1, -0.05) is 0 Å². The summed E-state index contributed by atoms with van der Waals surface area (Å²) in [7, 11) is 0. The number of halogens is 1. The van der Waals surface area contributed by atoms with Crippen molar-refractivity contribution in [3.8, 4) is 11.6 Å². The van der Waals surface area contributed by atoms with Crippen LogP contribution in [0, 0.1) is 19.7 Å². The van der Waals surface area contributed by atoms with Crippen LogP contribution in [0.5, 0.6) is 0 Å². The van der Waals surface area contributed by atoms with Gasteiger partial charge in [0.15, 0.2) is 17.5 Å². The summed E-state index contributed by atoms with van der Waals surface area (Å²) in [5.74, 6) is -0.808. The summed E-state index contributed by atoms with van der Waals surface area (Å²) >= 11 is 0. The van der Waals surface area contributed by atoms with E-state index in [2.05, 4.69) is 15.0 Å². The maximum atomic E-state index is 13.6. The van der Waals surface area contributed by atoms with Gasteiger partial charge in [0.1, 0.15) is 5.82 Å². The lowest BCUT2D eigenvalue weighted by Gasteiger charge is -1.95. The molecule has 0 spiro atoms. The molecule has 0 aliphatic rings. The van der Waals surface area contributed by atoms with E-state index in [-0.39, 0.29) is 0 Å². The molecule has 0 aliphatic heterocycles. The molecule has 3 rings (SSSR count). The molecule has 0 aliphatic carbocycles. The fourth-order valence-electron chi connectivity index (χ4n) is 2.05. The first-order valence-corrected chi connectivity index (χ1v) is 5.82. The number of imidazole rings is 1. The molecule has 0 bridgehead atoms. The Morgan fingerprint density at radius 1 is 1.35 bits per heavy atom. The summed E-state index contributed by atoms with van der Waals surface area (Å²) in [4.78, 5) is 22.1. The molecule has 2 aromatic heterocycles. The largest absolute Gasteiger partial charge is 0.478 e. The molecule has 7 heteroatoms. The second-order valence-corrected chi connectivity index (χ2v) is 4.39. The van der Waals surface area contributed by atoms with Crippen LogP contribution >= 0.6 is 0 Å². The molecular formula is C13H10FN3O3. The minimum Gasteiger partial charge on any atom is -0.478 e. The van der Waals surface area contributed by atoms with Crippen LogP contribution in [-0.2, 0) is 0 Å². The van der Waals surface area contributed by atoms with Crippen molar-refractivity contribution in [1.82, 2.24) is 15.0 Å². The van der Waals surface area contributed by atoms with Crippen LogP contribution < -0.4 is 0 Å². The summed E-state index contributed by atoms with van der Waals surface area (Å²) in [5.41, 5.74) is 0.990. The van der Waals surface area contributed by atoms with Gasteiger partial charge in [0, 0.05) is 13.0 Å². The molecule has 0 saturated carbocycles. The van der Waals surface area contributed by atoms with Crippen molar-refractivity contribution in [2.75, 3.05) is 0 Å². The quantitative estimate of drug-likeness (QED) is 0.750. The first kappa shape index (κ1) is 12.3. The third-order valence-electron chi connectivity index (χ3n) is 2.92. The average molecular weight is 275 g/mol. The highest BCUT2D eigenvalue weighted by Crippen LogP contribution is 2.25. The zero-order valence-corrected chi connectivity index (χ0v) is 10.7. The van der Waals surface area contributed by atoms with Gasteiger partial charge in [-0.15, -0.1) is 0 Å². The summed E-state index contributed by atoms with van der Waals surface area (Å²) in [6.07, 6.45) is 0. The predicted molar refractivity (Wildman–Crippen MR) is 68.0 cm³/mol. The molecule has 0 saturated heterocycles. The second kappa shape index (κ2) is 4.16. The number of carboxylic acids is 1. The van der Waals surface area contributed by atoms with Gasteiger partial charge in [0.25, 0.3) is 0 Å². The van der Waals surface area contributed by atoms with E-state index in [4.69, 9.17) is 9.52 Å². The van der Waals surface area contributed by atoms with Gasteiger partial charge < -0.3 is 14.5 Å². The number of aryl methyl sites for hydroxylation is 2. The molecule has 3 aromatic rings. The molecule has 102 valence electrons. The zero-order valence-electron chi connectivity index (χ0n) is 10.7. The van der Waals surface area contributed by atoms with Crippen molar-refractivity contribution >= 4 is 17.0 Å². The number of H-pyrrole nitrogens is 1. The summed E-state index contributed by atoms with van der Waals surface area (Å²) in [6.45, 7) is 3.48. The van der Waals surface area contributed by atoms with Crippen molar-refractivity contribution in [3.05, 3.63) is 35.1 Å². The first-order chi connectivity index (χ1) is 9.45. The maximum Gasteiger partial charge on any atom is 0.338 e. The highest BCUT2D eigenvalue weighted by molar-refractivity contribution is 5.93. The predicted octanol–water partition coefficient (Wildman–Crippen LogP) is 2.67. The maximum absolute atomic E-state index is 13.6. The number of nitrogens with zero attached hydrogens (tertiary/aromatic N) is 2. The third kappa shape index (κ3) is 1.83. The van der Waals surface area contributed by atoms with Crippen LogP contribution in [0.4, 0.5) is 4.39 Å². The van der Waals surface area contributed by atoms with E-state index in [1.54, 1.807) is 13.8 Å². The van der Waals surface area contributed by atoms with Gasteiger partial charge in [-0.25, -0.2) is 19.2 Å². The Kier molecular flexibility index (Phi) is 2.56. The minimum absolute atomic E-state index is 0.354. The van der Waals surface area contributed by atoms with Crippen molar-refractivity contribution in [2.45, 2.75) is 13.8 Å². The van der Waals surface area contributed by atoms with E-state index in [1.165, 1.54) is 6.07 Å². The van der Waals surface area contributed by atoms with Crippen LogP contribution in [-0.4, -0.2) is 26.0 Å². The lowest BCUT2D eigenvalue weighted by molar-refractivity contribution is 0.0692. The van der Waals surface area contributed by atoms with Gasteiger partial charge in [0.2, 0.25) is 0 Å². The van der Waals surface area contributed by atoms with E-state index in [0.717, 1.165) is 6.07 Å². The molecule has 2 heterocycles. The lowest BCUT2D eigenvalue weighted by Crippen LogP contribution is -1.99. The number of hydrogen-bond donors (Lipinski definition) is 2.